The molecule has 4 rings (SSSR count). The Labute approximate surface area is 155 Å². The van der Waals surface area contributed by atoms with E-state index in [-0.39, 0.29) is 13.1 Å². The van der Waals surface area contributed by atoms with E-state index in [1.165, 1.54) is 0 Å². The Morgan fingerprint density at radius 2 is 1.85 bits per heavy atom. The highest BCUT2D eigenvalue weighted by Gasteiger charge is 2.36. The van der Waals surface area contributed by atoms with E-state index < -0.39 is 23.8 Å². The number of nitrogens with zero attached hydrogens (tertiary/aromatic N) is 1. The number of nitrogens with one attached hydrogen (secondary N) is 1. The topological polar surface area (TPSA) is 95.9 Å². The molecule has 0 saturated carbocycles. The predicted molar refractivity (Wildman–Crippen MR) is 95.4 cm³/mol. The fourth-order valence-corrected chi connectivity index (χ4v) is 3.32. The lowest BCUT2D eigenvalue weighted by Crippen LogP contribution is -2.41. The van der Waals surface area contributed by atoms with Crippen molar-refractivity contribution < 1.29 is 24.2 Å². The molecule has 0 aliphatic carbocycles. The van der Waals surface area contributed by atoms with Crippen molar-refractivity contribution in [3.63, 3.8) is 0 Å². The number of fused-ring (bicyclic) bond motifs is 2. The number of aliphatic hydroxyl groups excluding tert-OH is 1. The van der Waals surface area contributed by atoms with Crippen LogP contribution in [-0.2, 0) is 11.2 Å². The number of rotatable bonds is 5. The second kappa shape index (κ2) is 6.85. The van der Waals surface area contributed by atoms with Crippen LogP contribution in [0.3, 0.4) is 0 Å². The van der Waals surface area contributed by atoms with Crippen molar-refractivity contribution in [2.24, 2.45) is 0 Å². The van der Waals surface area contributed by atoms with Crippen molar-refractivity contribution in [1.82, 2.24) is 10.2 Å². The van der Waals surface area contributed by atoms with Gasteiger partial charge in [-0.25, -0.2) is 0 Å². The fourth-order valence-electron chi connectivity index (χ4n) is 3.32. The number of imide groups is 1. The quantitative estimate of drug-likeness (QED) is 0.772. The molecule has 138 valence electrons. The summed E-state index contributed by atoms with van der Waals surface area (Å²) in [5.41, 5.74) is 2.32. The number of carbonyl (C=O) groups is 3. The van der Waals surface area contributed by atoms with E-state index in [4.69, 9.17) is 4.74 Å². The van der Waals surface area contributed by atoms with Gasteiger partial charge in [0.25, 0.3) is 11.8 Å². The number of amides is 3. The monoisotopic (exact) mass is 366 g/mol. The van der Waals surface area contributed by atoms with Gasteiger partial charge in [0.15, 0.2) is 0 Å². The van der Waals surface area contributed by atoms with Gasteiger partial charge in [0.1, 0.15) is 12.3 Å². The summed E-state index contributed by atoms with van der Waals surface area (Å²) in [6.45, 7) is 0.241. The van der Waals surface area contributed by atoms with Crippen molar-refractivity contribution in [2.75, 3.05) is 19.7 Å². The van der Waals surface area contributed by atoms with Crippen molar-refractivity contribution in [3.8, 4) is 5.75 Å². The van der Waals surface area contributed by atoms with Crippen LogP contribution in [0.2, 0.25) is 0 Å². The zero-order chi connectivity index (χ0) is 19.0. The Balaban J connectivity index is 1.35. The molecule has 2 aromatic carbocycles. The third kappa shape index (κ3) is 3.17. The lowest BCUT2D eigenvalue weighted by atomic mass is 10.0. The predicted octanol–water partition coefficient (Wildman–Crippen LogP) is 1.07. The van der Waals surface area contributed by atoms with Crippen LogP contribution < -0.4 is 10.1 Å². The Bertz CT molecular complexity index is 905. The third-order valence-electron chi connectivity index (χ3n) is 4.77. The second-order valence-corrected chi connectivity index (χ2v) is 6.53. The minimum absolute atomic E-state index is 0.0123. The van der Waals surface area contributed by atoms with Gasteiger partial charge in [0.2, 0.25) is 5.91 Å². The number of benzene rings is 2. The van der Waals surface area contributed by atoms with E-state index in [1.807, 2.05) is 12.1 Å². The molecule has 2 aliphatic rings. The molecule has 2 heterocycles. The molecule has 0 saturated heterocycles. The lowest BCUT2D eigenvalue weighted by molar-refractivity contribution is -0.121. The number of hydrogen-bond acceptors (Lipinski definition) is 5. The first kappa shape index (κ1) is 17.2. The normalized spacial score (nSPS) is 16.0. The zero-order valence-corrected chi connectivity index (χ0v) is 14.5. The van der Waals surface area contributed by atoms with Gasteiger partial charge in [0.05, 0.1) is 23.8 Å². The van der Waals surface area contributed by atoms with Gasteiger partial charge in [-0.1, -0.05) is 18.2 Å². The average molecular weight is 366 g/mol. The summed E-state index contributed by atoms with van der Waals surface area (Å²) in [5, 5.41) is 12.9. The molecule has 0 bridgehead atoms. The summed E-state index contributed by atoms with van der Waals surface area (Å²) in [5.74, 6) is -0.650. The number of carbonyl (C=O) groups excluding carboxylic acids is 3. The van der Waals surface area contributed by atoms with Gasteiger partial charge in [-0.3, -0.25) is 19.3 Å². The summed E-state index contributed by atoms with van der Waals surface area (Å²) in [4.78, 5) is 37.6. The average Bonchev–Trinajstić information content (AvgIpc) is 3.25. The van der Waals surface area contributed by atoms with Crippen LogP contribution in [0.1, 0.15) is 37.9 Å². The largest absolute Gasteiger partial charge is 0.493 e. The zero-order valence-electron chi connectivity index (χ0n) is 14.5. The number of hydrogen-bond donors (Lipinski definition) is 2. The first-order valence-corrected chi connectivity index (χ1v) is 8.70. The summed E-state index contributed by atoms with van der Waals surface area (Å²) < 4.78 is 5.43. The van der Waals surface area contributed by atoms with Crippen LogP contribution >= 0.6 is 0 Å². The molecule has 27 heavy (non-hydrogen) atoms. The van der Waals surface area contributed by atoms with E-state index in [0.717, 1.165) is 22.6 Å². The van der Waals surface area contributed by atoms with Crippen LogP contribution in [-0.4, -0.2) is 47.4 Å². The van der Waals surface area contributed by atoms with Crippen molar-refractivity contribution in [1.29, 1.82) is 0 Å². The van der Waals surface area contributed by atoms with Crippen molar-refractivity contribution in [2.45, 2.75) is 12.5 Å². The smallest absolute Gasteiger partial charge is 0.262 e. The standard InChI is InChI=1S/C20H18N2O5/c23-16(12-5-6-17-13(9-12)7-8-27-17)10-21-18(24)11-22-19(25)14-3-1-2-4-15(14)20(22)26/h1-6,9,16,23H,7-8,10-11H2,(H,21,24). The molecule has 2 aromatic rings. The van der Waals surface area contributed by atoms with Gasteiger partial charge < -0.3 is 15.2 Å². The van der Waals surface area contributed by atoms with Crippen LogP contribution in [0, 0.1) is 0 Å². The number of aliphatic hydroxyl groups is 1. The maximum Gasteiger partial charge on any atom is 0.262 e. The molecule has 0 aromatic heterocycles. The fraction of sp³-hybridized carbons (Fsp3) is 0.250. The molecule has 2 aliphatic heterocycles. The highest BCUT2D eigenvalue weighted by Crippen LogP contribution is 2.28. The maximum atomic E-state index is 12.3. The Hall–Kier alpha value is -3.19. The molecule has 2 N–H and O–H groups in total. The van der Waals surface area contributed by atoms with E-state index in [0.29, 0.717) is 23.3 Å². The van der Waals surface area contributed by atoms with Crippen LogP contribution in [0.15, 0.2) is 42.5 Å². The molecule has 7 nitrogen and oxygen atoms in total. The minimum Gasteiger partial charge on any atom is -0.493 e. The Kier molecular flexibility index (Phi) is 4.37. The molecule has 7 heteroatoms. The first-order chi connectivity index (χ1) is 13.0. The van der Waals surface area contributed by atoms with Crippen LogP contribution in [0.4, 0.5) is 0 Å². The van der Waals surface area contributed by atoms with E-state index in [1.54, 1.807) is 30.3 Å². The summed E-state index contributed by atoms with van der Waals surface area (Å²) in [7, 11) is 0. The van der Waals surface area contributed by atoms with Crippen molar-refractivity contribution in [3.05, 3.63) is 64.7 Å². The molecule has 1 unspecified atom stereocenters. The molecule has 0 spiro atoms. The summed E-state index contributed by atoms with van der Waals surface area (Å²) in [6.07, 6.45) is -0.0934. The molecule has 0 radical (unpaired) electrons. The van der Waals surface area contributed by atoms with E-state index >= 15 is 0 Å². The van der Waals surface area contributed by atoms with Gasteiger partial charge in [0, 0.05) is 13.0 Å². The summed E-state index contributed by atoms with van der Waals surface area (Å²) >= 11 is 0. The first-order valence-electron chi connectivity index (χ1n) is 8.70. The molecule has 1 atom stereocenters. The lowest BCUT2D eigenvalue weighted by Gasteiger charge is -2.16. The highest BCUT2D eigenvalue weighted by atomic mass is 16.5. The minimum atomic E-state index is -0.887. The highest BCUT2D eigenvalue weighted by molar-refractivity contribution is 6.22. The molecular formula is C20H18N2O5. The molecular weight excluding hydrogens is 348 g/mol. The third-order valence-corrected chi connectivity index (χ3v) is 4.77. The summed E-state index contributed by atoms with van der Waals surface area (Å²) in [6, 6.07) is 11.9. The SMILES string of the molecule is O=C(CN1C(=O)c2ccccc2C1=O)NCC(O)c1ccc2c(c1)CCO2. The Morgan fingerprint density at radius 3 is 2.56 bits per heavy atom. The Morgan fingerprint density at radius 1 is 1.15 bits per heavy atom. The van der Waals surface area contributed by atoms with E-state index in [2.05, 4.69) is 5.32 Å². The molecule has 3 amide bonds. The van der Waals surface area contributed by atoms with Crippen LogP contribution in [0.25, 0.3) is 0 Å². The second-order valence-electron chi connectivity index (χ2n) is 6.53. The number of ether oxygens (including phenoxy) is 1. The molecule has 0 fully saturated rings. The van der Waals surface area contributed by atoms with Gasteiger partial charge >= 0.3 is 0 Å². The van der Waals surface area contributed by atoms with Gasteiger partial charge in [-0.15, -0.1) is 0 Å². The van der Waals surface area contributed by atoms with Crippen LogP contribution in [0.5, 0.6) is 5.75 Å². The van der Waals surface area contributed by atoms with Gasteiger partial charge in [-0.2, -0.15) is 0 Å². The maximum absolute atomic E-state index is 12.3. The van der Waals surface area contributed by atoms with Crippen molar-refractivity contribution >= 4 is 17.7 Å². The van der Waals surface area contributed by atoms with E-state index in [9.17, 15) is 19.5 Å². The van der Waals surface area contributed by atoms with Gasteiger partial charge in [-0.05, 0) is 35.4 Å².